The van der Waals surface area contributed by atoms with Gasteiger partial charge in [-0.1, -0.05) is 20.3 Å². The summed E-state index contributed by atoms with van der Waals surface area (Å²) in [5.74, 6) is -0.329. The molecule has 0 aliphatic heterocycles. The minimum absolute atomic E-state index is 0.0196. The van der Waals surface area contributed by atoms with Crippen LogP contribution in [0.1, 0.15) is 47.5 Å². The zero-order valence-corrected chi connectivity index (χ0v) is 11.7. The highest BCUT2D eigenvalue weighted by molar-refractivity contribution is 5.83. The first-order valence-corrected chi connectivity index (χ1v) is 6.40. The molecule has 0 heterocycles. The molecule has 0 spiro atoms. The number of rotatable bonds is 7. The molecule has 0 aliphatic rings. The van der Waals surface area contributed by atoms with Gasteiger partial charge in [0.2, 0.25) is 5.91 Å². The van der Waals surface area contributed by atoms with E-state index < -0.39 is 0 Å². The van der Waals surface area contributed by atoms with Crippen molar-refractivity contribution in [2.45, 2.75) is 53.5 Å². The molecular formula is C13H25NO3. The van der Waals surface area contributed by atoms with E-state index in [2.05, 4.69) is 6.92 Å². The van der Waals surface area contributed by atoms with Gasteiger partial charge in [0.05, 0.1) is 6.61 Å². The Balaban J connectivity index is 4.51. The summed E-state index contributed by atoms with van der Waals surface area (Å²) < 4.78 is 4.88. The lowest BCUT2D eigenvalue weighted by atomic mass is 10.0. The maximum absolute atomic E-state index is 12.1. The molecule has 0 aromatic heterocycles. The summed E-state index contributed by atoms with van der Waals surface area (Å²) in [5, 5.41) is 0. The van der Waals surface area contributed by atoms with Gasteiger partial charge in [0.15, 0.2) is 0 Å². The fourth-order valence-corrected chi connectivity index (χ4v) is 1.70. The molecule has 100 valence electrons. The number of carbonyl (C=O) groups is 2. The lowest BCUT2D eigenvalue weighted by Gasteiger charge is -2.28. The third-order valence-electron chi connectivity index (χ3n) is 2.65. The Bertz CT molecular complexity index is 251. The number of carbonyl (C=O) groups excluding carboxylic acids is 2. The van der Waals surface area contributed by atoms with Gasteiger partial charge in [0.1, 0.15) is 6.54 Å². The number of nitrogens with zero attached hydrogens (tertiary/aromatic N) is 1. The molecule has 1 atom stereocenters. The third kappa shape index (κ3) is 5.71. The van der Waals surface area contributed by atoms with E-state index in [-0.39, 0.29) is 30.4 Å². The maximum Gasteiger partial charge on any atom is 0.325 e. The first-order chi connectivity index (χ1) is 7.93. The monoisotopic (exact) mass is 243 g/mol. The molecule has 0 aromatic carbocycles. The summed E-state index contributed by atoms with van der Waals surface area (Å²) in [6.45, 7) is 9.95. The van der Waals surface area contributed by atoms with Gasteiger partial charge in [-0.05, 0) is 27.2 Å². The van der Waals surface area contributed by atoms with Crippen molar-refractivity contribution < 1.29 is 14.3 Å². The van der Waals surface area contributed by atoms with Crippen LogP contribution in [-0.2, 0) is 14.3 Å². The Hall–Kier alpha value is -1.06. The Labute approximate surface area is 104 Å². The van der Waals surface area contributed by atoms with E-state index in [1.54, 1.807) is 11.8 Å². The fourth-order valence-electron chi connectivity index (χ4n) is 1.70. The van der Waals surface area contributed by atoms with Gasteiger partial charge < -0.3 is 9.64 Å². The second-order valence-corrected chi connectivity index (χ2v) is 4.55. The van der Waals surface area contributed by atoms with Crippen LogP contribution in [-0.4, -0.2) is 36.0 Å². The van der Waals surface area contributed by atoms with Gasteiger partial charge in [-0.3, -0.25) is 9.59 Å². The van der Waals surface area contributed by atoms with E-state index in [1.165, 1.54) is 0 Å². The van der Waals surface area contributed by atoms with Crippen molar-refractivity contribution in [2.24, 2.45) is 5.92 Å². The van der Waals surface area contributed by atoms with Crippen molar-refractivity contribution in [3.8, 4) is 0 Å². The lowest BCUT2D eigenvalue weighted by molar-refractivity contribution is -0.151. The van der Waals surface area contributed by atoms with Crippen LogP contribution in [0.4, 0.5) is 0 Å². The van der Waals surface area contributed by atoms with Crippen LogP contribution in [0, 0.1) is 5.92 Å². The number of amides is 1. The predicted octanol–water partition coefficient (Wildman–Crippen LogP) is 2.22. The molecule has 17 heavy (non-hydrogen) atoms. The molecular weight excluding hydrogens is 218 g/mol. The average Bonchev–Trinajstić information content (AvgIpc) is 2.25. The summed E-state index contributed by atoms with van der Waals surface area (Å²) in [7, 11) is 0. The third-order valence-corrected chi connectivity index (χ3v) is 2.65. The van der Waals surface area contributed by atoms with Crippen LogP contribution in [0.2, 0.25) is 0 Å². The number of hydrogen-bond donors (Lipinski definition) is 0. The minimum Gasteiger partial charge on any atom is -0.465 e. The minimum atomic E-state index is -0.335. The summed E-state index contributed by atoms with van der Waals surface area (Å²) in [5.41, 5.74) is 0. The Kier molecular flexibility index (Phi) is 7.59. The van der Waals surface area contributed by atoms with E-state index >= 15 is 0 Å². The van der Waals surface area contributed by atoms with Crippen LogP contribution in [0.3, 0.4) is 0 Å². The molecule has 0 N–H and O–H groups in total. The summed E-state index contributed by atoms with van der Waals surface area (Å²) in [4.78, 5) is 25.2. The molecule has 4 heteroatoms. The van der Waals surface area contributed by atoms with Crippen molar-refractivity contribution in [3.05, 3.63) is 0 Å². The number of ether oxygens (including phenoxy) is 1. The smallest absolute Gasteiger partial charge is 0.325 e. The number of esters is 1. The standard InChI is InChI=1S/C13H25NO3/c1-6-8-11(5)13(16)14(10(3)4)9-12(15)17-7-2/h10-11H,6-9H2,1-5H3. The Morgan fingerprint density at radius 3 is 2.18 bits per heavy atom. The normalized spacial score (nSPS) is 12.4. The fraction of sp³-hybridized carbons (Fsp3) is 0.846. The molecule has 1 unspecified atom stereocenters. The van der Waals surface area contributed by atoms with Gasteiger partial charge in [-0.2, -0.15) is 0 Å². The van der Waals surface area contributed by atoms with Crippen molar-refractivity contribution in [2.75, 3.05) is 13.2 Å². The second-order valence-electron chi connectivity index (χ2n) is 4.55. The molecule has 1 amide bonds. The van der Waals surface area contributed by atoms with Crippen molar-refractivity contribution in [1.29, 1.82) is 0 Å². The molecule has 0 aliphatic carbocycles. The van der Waals surface area contributed by atoms with E-state index in [0.29, 0.717) is 6.61 Å². The van der Waals surface area contributed by atoms with Gasteiger partial charge in [-0.25, -0.2) is 0 Å². The molecule has 4 nitrogen and oxygen atoms in total. The highest BCUT2D eigenvalue weighted by Gasteiger charge is 2.24. The van der Waals surface area contributed by atoms with Crippen LogP contribution >= 0.6 is 0 Å². The topological polar surface area (TPSA) is 46.6 Å². The zero-order chi connectivity index (χ0) is 13.4. The van der Waals surface area contributed by atoms with Gasteiger partial charge in [-0.15, -0.1) is 0 Å². The highest BCUT2D eigenvalue weighted by Crippen LogP contribution is 2.12. The quantitative estimate of drug-likeness (QED) is 0.644. The van der Waals surface area contributed by atoms with E-state index in [1.807, 2.05) is 20.8 Å². The maximum atomic E-state index is 12.1. The van der Waals surface area contributed by atoms with Crippen LogP contribution in [0.5, 0.6) is 0 Å². The Morgan fingerprint density at radius 1 is 1.18 bits per heavy atom. The van der Waals surface area contributed by atoms with E-state index in [9.17, 15) is 9.59 Å². The van der Waals surface area contributed by atoms with E-state index in [4.69, 9.17) is 4.74 Å². The SMILES string of the molecule is CCCC(C)C(=O)N(CC(=O)OCC)C(C)C. The van der Waals surface area contributed by atoms with Gasteiger partial charge >= 0.3 is 5.97 Å². The Morgan fingerprint density at radius 2 is 1.76 bits per heavy atom. The largest absolute Gasteiger partial charge is 0.465 e. The van der Waals surface area contributed by atoms with Crippen LogP contribution in [0.15, 0.2) is 0 Å². The molecule has 0 radical (unpaired) electrons. The second kappa shape index (κ2) is 8.09. The van der Waals surface area contributed by atoms with Crippen molar-refractivity contribution in [1.82, 2.24) is 4.90 Å². The predicted molar refractivity (Wildman–Crippen MR) is 67.6 cm³/mol. The summed E-state index contributed by atoms with van der Waals surface area (Å²) in [6.07, 6.45) is 1.82. The summed E-state index contributed by atoms with van der Waals surface area (Å²) in [6, 6.07) is 0.0196. The molecule has 0 bridgehead atoms. The first kappa shape index (κ1) is 15.9. The first-order valence-electron chi connectivity index (χ1n) is 6.40. The molecule has 0 aromatic rings. The zero-order valence-electron chi connectivity index (χ0n) is 11.7. The van der Waals surface area contributed by atoms with Crippen LogP contribution < -0.4 is 0 Å². The van der Waals surface area contributed by atoms with Crippen LogP contribution in [0.25, 0.3) is 0 Å². The molecule has 0 rings (SSSR count). The molecule has 0 saturated heterocycles. The van der Waals surface area contributed by atoms with E-state index in [0.717, 1.165) is 12.8 Å². The lowest BCUT2D eigenvalue weighted by Crippen LogP contribution is -2.43. The van der Waals surface area contributed by atoms with Gasteiger partial charge in [0, 0.05) is 12.0 Å². The molecule has 0 saturated carbocycles. The van der Waals surface area contributed by atoms with Gasteiger partial charge in [0.25, 0.3) is 0 Å². The molecule has 0 fully saturated rings. The average molecular weight is 243 g/mol. The van der Waals surface area contributed by atoms with Crippen molar-refractivity contribution in [3.63, 3.8) is 0 Å². The van der Waals surface area contributed by atoms with Crippen molar-refractivity contribution >= 4 is 11.9 Å². The highest BCUT2D eigenvalue weighted by atomic mass is 16.5. The number of hydrogen-bond acceptors (Lipinski definition) is 3. The summed E-state index contributed by atoms with van der Waals surface area (Å²) >= 11 is 0.